The molecule has 3 aromatic rings. The predicted molar refractivity (Wildman–Crippen MR) is 72.1 cm³/mol. The first-order valence-electron chi connectivity index (χ1n) is 5.69. The van der Waals surface area contributed by atoms with Gasteiger partial charge in [0.25, 0.3) is 0 Å². The van der Waals surface area contributed by atoms with Crippen molar-refractivity contribution in [3.05, 3.63) is 53.3 Å². The highest BCUT2D eigenvalue weighted by atomic mass is 35.5. The Morgan fingerprint density at radius 2 is 2.10 bits per heavy atom. The zero-order chi connectivity index (χ0) is 13.9. The van der Waals surface area contributed by atoms with Crippen molar-refractivity contribution in [3.63, 3.8) is 0 Å². The van der Waals surface area contributed by atoms with Gasteiger partial charge in [-0.1, -0.05) is 17.7 Å². The molecular weight excluding hydrogens is 276 g/mol. The molecule has 3 rings (SSSR count). The fourth-order valence-corrected chi connectivity index (χ4v) is 1.76. The zero-order valence-electron chi connectivity index (χ0n) is 10.1. The molecule has 0 saturated carbocycles. The molecule has 20 heavy (non-hydrogen) atoms. The maximum absolute atomic E-state index is 8.88. The first kappa shape index (κ1) is 12.3. The summed E-state index contributed by atoms with van der Waals surface area (Å²) in [6.45, 7) is 0. The second-order valence-corrected chi connectivity index (χ2v) is 4.32. The Hall–Kier alpha value is -2.78. The van der Waals surface area contributed by atoms with Gasteiger partial charge in [-0.3, -0.25) is 0 Å². The first-order chi connectivity index (χ1) is 9.76. The number of nitriles is 1. The van der Waals surface area contributed by atoms with Crippen LogP contribution in [0.2, 0.25) is 5.15 Å². The maximum atomic E-state index is 8.88. The van der Waals surface area contributed by atoms with Crippen LogP contribution in [0.25, 0.3) is 17.1 Å². The van der Waals surface area contributed by atoms with Crippen molar-refractivity contribution < 1.29 is 0 Å². The number of aromatic nitrogens is 5. The number of halogens is 1. The molecule has 0 saturated heterocycles. The number of hydrogen-bond donors (Lipinski definition) is 0. The van der Waals surface area contributed by atoms with Crippen molar-refractivity contribution in [2.24, 2.45) is 0 Å². The topological polar surface area (TPSA) is 80.3 Å². The summed E-state index contributed by atoms with van der Waals surface area (Å²) >= 11 is 5.73. The molecule has 2 heterocycles. The second-order valence-electron chi connectivity index (χ2n) is 3.93. The number of hydrogen-bond acceptors (Lipinski definition) is 5. The van der Waals surface area contributed by atoms with Gasteiger partial charge in [-0.05, 0) is 35.5 Å². The third-order valence-electron chi connectivity index (χ3n) is 2.61. The normalized spacial score (nSPS) is 10.2. The zero-order valence-corrected chi connectivity index (χ0v) is 10.9. The quantitative estimate of drug-likeness (QED) is 0.673. The Labute approximate surface area is 119 Å². The Morgan fingerprint density at radius 1 is 1.20 bits per heavy atom. The van der Waals surface area contributed by atoms with Gasteiger partial charge in [-0.2, -0.15) is 5.26 Å². The summed E-state index contributed by atoms with van der Waals surface area (Å²) in [6, 6.07) is 12.5. The van der Waals surface area contributed by atoms with E-state index < -0.39 is 0 Å². The lowest BCUT2D eigenvalue weighted by atomic mass is 10.2. The lowest BCUT2D eigenvalue weighted by molar-refractivity contribution is 0.720. The molecule has 0 N–H and O–H groups in total. The molecule has 1 aromatic carbocycles. The number of rotatable bonds is 2. The lowest BCUT2D eigenvalue weighted by Crippen LogP contribution is -1.99. The van der Waals surface area contributed by atoms with E-state index in [4.69, 9.17) is 16.9 Å². The second kappa shape index (κ2) is 5.07. The Balaban J connectivity index is 1.97. The van der Waals surface area contributed by atoms with Crippen molar-refractivity contribution in [3.8, 4) is 23.1 Å². The molecular formula is C13H7ClN6. The summed E-state index contributed by atoms with van der Waals surface area (Å²) in [4.78, 5) is 5.34. The van der Waals surface area contributed by atoms with Gasteiger partial charge in [0.05, 0.1) is 17.3 Å². The molecule has 0 atom stereocenters. The molecule has 96 valence electrons. The van der Waals surface area contributed by atoms with Crippen molar-refractivity contribution in [2.45, 2.75) is 0 Å². The number of pyridine rings is 1. The minimum absolute atomic E-state index is 0.405. The molecule has 0 fully saturated rings. The average Bonchev–Trinajstić information content (AvgIpc) is 2.98. The number of nitrogens with zero attached hydrogens (tertiary/aromatic N) is 6. The molecule has 0 spiro atoms. The van der Waals surface area contributed by atoms with Gasteiger partial charge in [0.15, 0.2) is 0 Å². The molecule has 6 nitrogen and oxygen atoms in total. The molecule has 0 aliphatic heterocycles. The summed E-state index contributed by atoms with van der Waals surface area (Å²) in [5.41, 5.74) is 1.93. The molecule has 0 aliphatic carbocycles. The van der Waals surface area contributed by atoms with Gasteiger partial charge >= 0.3 is 0 Å². The third kappa shape index (κ3) is 2.35. The highest BCUT2D eigenvalue weighted by Gasteiger charge is 2.08. The third-order valence-corrected chi connectivity index (χ3v) is 2.83. The molecule has 0 aliphatic rings. The minimum Gasteiger partial charge on any atom is -0.244 e. The number of tetrazole rings is 1. The largest absolute Gasteiger partial charge is 0.244 e. The number of benzene rings is 1. The van der Waals surface area contributed by atoms with E-state index in [9.17, 15) is 0 Å². The molecule has 0 unspecified atom stereocenters. The van der Waals surface area contributed by atoms with Crippen LogP contribution in [-0.4, -0.2) is 25.2 Å². The average molecular weight is 283 g/mol. The van der Waals surface area contributed by atoms with Crippen LogP contribution in [0.3, 0.4) is 0 Å². The lowest BCUT2D eigenvalue weighted by Gasteiger charge is -1.97. The van der Waals surface area contributed by atoms with Gasteiger partial charge in [0.1, 0.15) is 5.15 Å². The molecule has 7 heteroatoms. The van der Waals surface area contributed by atoms with E-state index in [2.05, 4.69) is 26.5 Å². The van der Waals surface area contributed by atoms with E-state index in [0.29, 0.717) is 22.2 Å². The predicted octanol–water partition coefficient (Wildman–Crippen LogP) is 2.25. The summed E-state index contributed by atoms with van der Waals surface area (Å²) in [6.07, 6.45) is 1.58. The van der Waals surface area contributed by atoms with Gasteiger partial charge in [0.2, 0.25) is 5.82 Å². The smallest absolute Gasteiger partial charge is 0.206 e. The van der Waals surface area contributed by atoms with E-state index in [0.717, 1.165) is 5.56 Å². The van der Waals surface area contributed by atoms with E-state index in [1.165, 1.54) is 4.80 Å². The van der Waals surface area contributed by atoms with Gasteiger partial charge in [-0.15, -0.1) is 15.0 Å². The fraction of sp³-hybridized carbons (Fsp3) is 0. The van der Waals surface area contributed by atoms with Crippen molar-refractivity contribution in [1.29, 1.82) is 5.26 Å². The van der Waals surface area contributed by atoms with Crippen molar-refractivity contribution >= 4 is 11.6 Å². The maximum Gasteiger partial charge on any atom is 0.206 e. The van der Waals surface area contributed by atoms with Crippen LogP contribution in [-0.2, 0) is 0 Å². The van der Waals surface area contributed by atoms with Crippen LogP contribution in [0.4, 0.5) is 0 Å². The van der Waals surface area contributed by atoms with Crippen LogP contribution < -0.4 is 0 Å². The van der Waals surface area contributed by atoms with E-state index in [-0.39, 0.29) is 0 Å². The Morgan fingerprint density at radius 3 is 2.85 bits per heavy atom. The molecule has 0 bridgehead atoms. The molecule has 2 aromatic heterocycles. The van der Waals surface area contributed by atoms with E-state index in [1.807, 2.05) is 0 Å². The van der Waals surface area contributed by atoms with Crippen LogP contribution in [0.15, 0.2) is 42.6 Å². The highest BCUT2D eigenvalue weighted by Crippen LogP contribution is 2.15. The summed E-state index contributed by atoms with van der Waals surface area (Å²) in [5, 5.41) is 21.5. The van der Waals surface area contributed by atoms with Gasteiger partial charge in [0, 0.05) is 11.8 Å². The summed E-state index contributed by atoms with van der Waals surface area (Å²) in [5.74, 6) is 0.441. The Bertz CT molecular complexity index is 787. The van der Waals surface area contributed by atoms with Gasteiger partial charge < -0.3 is 0 Å². The molecule has 0 amide bonds. The Kier molecular flexibility index (Phi) is 3.11. The SMILES string of the molecule is N#Cc1cccc(-n2nnc(-c3ccc(Cl)nc3)n2)c1. The van der Waals surface area contributed by atoms with E-state index in [1.54, 1.807) is 42.6 Å². The molecule has 0 radical (unpaired) electrons. The summed E-state index contributed by atoms with van der Waals surface area (Å²) in [7, 11) is 0. The van der Waals surface area contributed by atoms with Gasteiger partial charge in [-0.25, -0.2) is 4.98 Å². The first-order valence-corrected chi connectivity index (χ1v) is 6.06. The van der Waals surface area contributed by atoms with Crippen LogP contribution in [0, 0.1) is 11.3 Å². The monoisotopic (exact) mass is 282 g/mol. The van der Waals surface area contributed by atoms with E-state index >= 15 is 0 Å². The van der Waals surface area contributed by atoms with Crippen LogP contribution in [0.5, 0.6) is 0 Å². The van der Waals surface area contributed by atoms with Crippen molar-refractivity contribution in [1.82, 2.24) is 25.2 Å². The van der Waals surface area contributed by atoms with Crippen LogP contribution >= 0.6 is 11.6 Å². The fourth-order valence-electron chi connectivity index (χ4n) is 1.65. The van der Waals surface area contributed by atoms with Crippen molar-refractivity contribution in [2.75, 3.05) is 0 Å². The standard InChI is InChI=1S/C13H7ClN6/c14-12-5-4-10(8-16-12)13-17-19-20(18-13)11-3-1-2-9(6-11)7-15/h1-6,8H. The van der Waals surface area contributed by atoms with Crippen LogP contribution in [0.1, 0.15) is 5.56 Å². The minimum atomic E-state index is 0.405. The summed E-state index contributed by atoms with van der Waals surface area (Å²) < 4.78 is 0. The highest BCUT2D eigenvalue weighted by molar-refractivity contribution is 6.29.